The summed E-state index contributed by atoms with van der Waals surface area (Å²) < 4.78 is 30.2. The first-order chi connectivity index (χ1) is 13.8. The topological polar surface area (TPSA) is 70.2 Å². The lowest BCUT2D eigenvalue weighted by atomic mass is 10.2. The SMILES string of the molecule is C[C@H](Oc1ccc(N(C)S(C)(=O)=O)cc1)C(=O)N1CCN(c2ccccc2)CC1. The van der Waals surface area contributed by atoms with Crippen LogP contribution in [0.1, 0.15) is 6.92 Å². The maximum atomic E-state index is 12.7. The molecule has 7 nitrogen and oxygen atoms in total. The second-order valence-corrected chi connectivity index (χ2v) is 9.15. The van der Waals surface area contributed by atoms with E-state index in [0.29, 0.717) is 24.5 Å². The molecule has 2 aromatic carbocycles. The van der Waals surface area contributed by atoms with Gasteiger partial charge in [-0.05, 0) is 43.3 Å². The van der Waals surface area contributed by atoms with Gasteiger partial charge in [-0.15, -0.1) is 0 Å². The third-order valence-electron chi connectivity index (χ3n) is 5.07. The lowest BCUT2D eigenvalue weighted by molar-refractivity contribution is -0.138. The molecule has 1 heterocycles. The van der Waals surface area contributed by atoms with Crippen molar-refractivity contribution in [1.29, 1.82) is 0 Å². The molecule has 1 saturated heterocycles. The van der Waals surface area contributed by atoms with Crippen LogP contribution in [0, 0.1) is 0 Å². The van der Waals surface area contributed by atoms with E-state index >= 15 is 0 Å². The Labute approximate surface area is 172 Å². The molecule has 1 aliphatic heterocycles. The van der Waals surface area contributed by atoms with Gasteiger partial charge in [0.25, 0.3) is 5.91 Å². The van der Waals surface area contributed by atoms with Gasteiger partial charge >= 0.3 is 0 Å². The van der Waals surface area contributed by atoms with Crippen molar-refractivity contribution in [2.24, 2.45) is 0 Å². The smallest absolute Gasteiger partial charge is 0.263 e. The van der Waals surface area contributed by atoms with Crippen LogP contribution in [0.25, 0.3) is 0 Å². The Morgan fingerprint density at radius 1 is 1.00 bits per heavy atom. The highest BCUT2D eigenvalue weighted by Crippen LogP contribution is 2.22. The molecule has 2 aromatic rings. The van der Waals surface area contributed by atoms with E-state index in [4.69, 9.17) is 4.74 Å². The number of nitrogens with zero attached hydrogens (tertiary/aromatic N) is 3. The van der Waals surface area contributed by atoms with E-state index in [1.54, 1.807) is 31.2 Å². The molecule has 1 aliphatic rings. The third kappa shape index (κ3) is 5.20. The van der Waals surface area contributed by atoms with Crippen molar-refractivity contribution in [3.8, 4) is 5.75 Å². The van der Waals surface area contributed by atoms with Gasteiger partial charge < -0.3 is 14.5 Å². The average Bonchev–Trinajstić information content (AvgIpc) is 2.73. The van der Waals surface area contributed by atoms with Crippen molar-refractivity contribution >= 4 is 27.3 Å². The van der Waals surface area contributed by atoms with Crippen LogP contribution in [0.3, 0.4) is 0 Å². The summed E-state index contributed by atoms with van der Waals surface area (Å²) >= 11 is 0. The van der Waals surface area contributed by atoms with Gasteiger partial charge in [0.15, 0.2) is 6.10 Å². The first kappa shape index (κ1) is 21.0. The van der Waals surface area contributed by atoms with Crippen molar-refractivity contribution in [2.75, 3.05) is 48.7 Å². The van der Waals surface area contributed by atoms with E-state index in [9.17, 15) is 13.2 Å². The van der Waals surface area contributed by atoms with E-state index in [1.165, 1.54) is 17.0 Å². The minimum Gasteiger partial charge on any atom is -0.481 e. The number of anilines is 2. The summed E-state index contributed by atoms with van der Waals surface area (Å²) in [5, 5.41) is 0. The van der Waals surface area contributed by atoms with Crippen LogP contribution < -0.4 is 13.9 Å². The minimum atomic E-state index is -3.32. The molecule has 0 N–H and O–H groups in total. The molecule has 0 unspecified atom stereocenters. The Morgan fingerprint density at radius 2 is 1.59 bits per heavy atom. The minimum absolute atomic E-state index is 0.0463. The maximum Gasteiger partial charge on any atom is 0.263 e. The zero-order valence-electron chi connectivity index (χ0n) is 17.0. The number of ether oxygens (including phenoxy) is 1. The third-order valence-corrected chi connectivity index (χ3v) is 6.28. The van der Waals surface area contributed by atoms with E-state index in [-0.39, 0.29) is 5.91 Å². The molecular weight excluding hydrogens is 390 g/mol. The number of rotatable bonds is 6. The molecule has 0 saturated carbocycles. The maximum absolute atomic E-state index is 12.7. The van der Waals surface area contributed by atoms with Gasteiger partial charge in [0.2, 0.25) is 10.0 Å². The number of para-hydroxylation sites is 1. The number of sulfonamides is 1. The van der Waals surface area contributed by atoms with Gasteiger partial charge in [0.05, 0.1) is 11.9 Å². The van der Waals surface area contributed by atoms with Crippen molar-refractivity contribution in [1.82, 2.24) is 4.90 Å². The molecule has 1 atom stereocenters. The molecule has 156 valence electrons. The van der Waals surface area contributed by atoms with Gasteiger partial charge in [0.1, 0.15) is 5.75 Å². The summed E-state index contributed by atoms with van der Waals surface area (Å²) in [5.41, 5.74) is 1.71. The normalized spacial score (nSPS) is 15.7. The van der Waals surface area contributed by atoms with E-state index in [2.05, 4.69) is 17.0 Å². The predicted molar refractivity (Wildman–Crippen MR) is 115 cm³/mol. The number of hydrogen-bond donors (Lipinski definition) is 0. The predicted octanol–water partition coefficient (Wildman–Crippen LogP) is 2.20. The monoisotopic (exact) mass is 417 g/mol. The van der Waals surface area contributed by atoms with Gasteiger partial charge in [-0.1, -0.05) is 18.2 Å². The fourth-order valence-corrected chi connectivity index (χ4v) is 3.77. The highest BCUT2D eigenvalue weighted by atomic mass is 32.2. The van der Waals surface area contributed by atoms with Crippen LogP contribution in [0.2, 0.25) is 0 Å². The van der Waals surface area contributed by atoms with E-state index in [0.717, 1.165) is 19.3 Å². The molecule has 0 radical (unpaired) electrons. The summed E-state index contributed by atoms with van der Waals surface area (Å²) in [6.07, 6.45) is 0.534. The Kier molecular flexibility index (Phi) is 6.32. The molecule has 0 spiro atoms. The molecule has 3 rings (SSSR count). The highest BCUT2D eigenvalue weighted by Gasteiger charge is 2.26. The summed E-state index contributed by atoms with van der Waals surface area (Å²) in [4.78, 5) is 16.8. The zero-order chi connectivity index (χ0) is 21.0. The largest absolute Gasteiger partial charge is 0.481 e. The number of amides is 1. The van der Waals surface area contributed by atoms with Crippen molar-refractivity contribution in [3.05, 3.63) is 54.6 Å². The first-order valence-electron chi connectivity index (χ1n) is 9.55. The summed E-state index contributed by atoms with van der Waals surface area (Å²) in [6, 6.07) is 16.8. The van der Waals surface area contributed by atoms with E-state index < -0.39 is 16.1 Å². The number of hydrogen-bond acceptors (Lipinski definition) is 5. The number of benzene rings is 2. The summed E-state index contributed by atoms with van der Waals surface area (Å²) in [7, 11) is -1.82. The lowest BCUT2D eigenvalue weighted by Gasteiger charge is -2.37. The van der Waals surface area contributed by atoms with Crippen molar-refractivity contribution in [3.63, 3.8) is 0 Å². The molecule has 1 amide bonds. The quantitative estimate of drug-likeness (QED) is 0.721. The molecular formula is C21H27N3O4S. The standard InChI is InChI=1S/C21H27N3O4S/c1-17(28-20-11-9-18(10-12-20)22(2)29(3,26)27)21(25)24-15-13-23(14-16-24)19-7-5-4-6-8-19/h4-12,17H,13-16H2,1-3H3/t17-/m0/s1. The van der Waals surface area contributed by atoms with Crippen LogP contribution >= 0.6 is 0 Å². The Morgan fingerprint density at radius 3 is 2.14 bits per heavy atom. The summed E-state index contributed by atoms with van der Waals surface area (Å²) in [5.74, 6) is 0.481. The molecule has 0 aliphatic carbocycles. The number of carbonyl (C=O) groups is 1. The zero-order valence-corrected chi connectivity index (χ0v) is 17.8. The molecule has 1 fully saturated rings. The molecule has 0 bridgehead atoms. The van der Waals surface area contributed by atoms with Crippen molar-refractivity contribution < 1.29 is 17.9 Å². The summed E-state index contributed by atoms with van der Waals surface area (Å²) in [6.45, 7) is 4.62. The van der Waals surface area contributed by atoms with Crippen LogP contribution in [-0.2, 0) is 14.8 Å². The Hall–Kier alpha value is -2.74. The van der Waals surface area contributed by atoms with Gasteiger partial charge in [0, 0.05) is 38.9 Å². The lowest BCUT2D eigenvalue weighted by Crippen LogP contribution is -2.52. The average molecular weight is 418 g/mol. The highest BCUT2D eigenvalue weighted by molar-refractivity contribution is 7.92. The fourth-order valence-electron chi connectivity index (χ4n) is 3.26. The van der Waals surface area contributed by atoms with E-state index in [1.807, 2.05) is 23.1 Å². The second kappa shape index (κ2) is 8.73. The van der Waals surface area contributed by atoms with Crippen LogP contribution in [0.15, 0.2) is 54.6 Å². The van der Waals surface area contributed by atoms with Crippen LogP contribution in [0.5, 0.6) is 5.75 Å². The first-order valence-corrected chi connectivity index (χ1v) is 11.4. The number of carbonyl (C=O) groups excluding carboxylic acids is 1. The van der Waals surface area contributed by atoms with Crippen LogP contribution in [0.4, 0.5) is 11.4 Å². The molecule has 8 heteroatoms. The Bertz CT molecular complexity index is 924. The molecule has 29 heavy (non-hydrogen) atoms. The van der Waals surface area contributed by atoms with Crippen LogP contribution in [-0.4, -0.2) is 64.8 Å². The number of piperazine rings is 1. The van der Waals surface area contributed by atoms with Crippen molar-refractivity contribution in [2.45, 2.75) is 13.0 Å². The van der Waals surface area contributed by atoms with Gasteiger partial charge in [-0.2, -0.15) is 0 Å². The molecule has 0 aromatic heterocycles. The van der Waals surface area contributed by atoms with Gasteiger partial charge in [-0.25, -0.2) is 8.42 Å². The fraction of sp³-hybridized carbons (Fsp3) is 0.381. The second-order valence-electron chi connectivity index (χ2n) is 7.13. The Balaban J connectivity index is 1.54. The van der Waals surface area contributed by atoms with Gasteiger partial charge in [-0.3, -0.25) is 9.10 Å².